The molecule has 0 radical (unpaired) electrons. The van der Waals surface area contributed by atoms with Crippen LogP contribution in [0.2, 0.25) is 0 Å². The van der Waals surface area contributed by atoms with Gasteiger partial charge in [0, 0.05) is 33.8 Å². The smallest absolute Gasteiger partial charge is 0.272 e. The minimum Gasteiger partial charge on any atom is -0.493 e. The number of pyridine rings is 1. The van der Waals surface area contributed by atoms with Gasteiger partial charge in [-0.3, -0.25) is 5.32 Å². The fourth-order valence-electron chi connectivity index (χ4n) is 3.66. The number of hydrogen-bond donors (Lipinski definition) is 2. The standard InChI is InChI=1S/C23H23N3O2/c1-15-22(17-8-4-5-9-18(17)25-15)23(26-21-10-6-7-13-24-21)16-11-12-19(27-2)20(14-16)28-3/h4-14,23,25H,1-3H3,(H,24,26)/p+1/t23-/m1/s1. The Balaban J connectivity index is 1.88. The Morgan fingerprint density at radius 2 is 1.71 bits per heavy atom. The summed E-state index contributed by atoms with van der Waals surface area (Å²) in [5, 5.41) is 4.84. The molecule has 4 aromatic rings. The second kappa shape index (κ2) is 7.64. The lowest BCUT2D eigenvalue weighted by Crippen LogP contribution is -2.19. The van der Waals surface area contributed by atoms with Crippen LogP contribution in [-0.4, -0.2) is 19.2 Å². The van der Waals surface area contributed by atoms with Crippen molar-refractivity contribution in [3.8, 4) is 11.5 Å². The van der Waals surface area contributed by atoms with Crippen LogP contribution in [0.3, 0.4) is 0 Å². The van der Waals surface area contributed by atoms with Gasteiger partial charge in [0.25, 0.3) is 5.82 Å². The summed E-state index contributed by atoms with van der Waals surface area (Å²) in [7, 11) is 3.31. The van der Waals surface area contributed by atoms with Gasteiger partial charge in [-0.05, 0) is 31.2 Å². The molecule has 0 fully saturated rings. The van der Waals surface area contributed by atoms with Gasteiger partial charge >= 0.3 is 0 Å². The molecule has 2 aromatic heterocycles. The summed E-state index contributed by atoms with van der Waals surface area (Å²) in [6, 6.07) is 20.3. The van der Waals surface area contributed by atoms with Gasteiger partial charge < -0.3 is 14.5 Å². The molecular formula is C23H24N3O2+. The van der Waals surface area contributed by atoms with Crippen molar-refractivity contribution < 1.29 is 14.5 Å². The van der Waals surface area contributed by atoms with Crippen molar-refractivity contribution in [2.45, 2.75) is 13.0 Å². The van der Waals surface area contributed by atoms with E-state index in [1.165, 1.54) is 10.9 Å². The Kier molecular flexibility index (Phi) is 4.89. The number of benzene rings is 2. The van der Waals surface area contributed by atoms with Gasteiger partial charge in [-0.1, -0.05) is 30.3 Å². The minimum atomic E-state index is -0.0744. The Hall–Kier alpha value is -3.47. The van der Waals surface area contributed by atoms with Crippen molar-refractivity contribution in [1.29, 1.82) is 0 Å². The molecule has 0 aliphatic rings. The first kappa shape index (κ1) is 17.9. The maximum absolute atomic E-state index is 5.54. The number of rotatable bonds is 6. The molecule has 5 nitrogen and oxygen atoms in total. The van der Waals surface area contributed by atoms with E-state index in [2.05, 4.69) is 46.5 Å². The molecule has 0 saturated carbocycles. The predicted molar refractivity (Wildman–Crippen MR) is 111 cm³/mol. The van der Waals surface area contributed by atoms with E-state index in [1.807, 2.05) is 42.6 Å². The van der Waals surface area contributed by atoms with Crippen LogP contribution in [0, 0.1) is 6.92 Å². The number of aromatic amines is 2. The van der Waals surface area contributed by atoms with E-state index in [0.717, 1.165) is 22.6 Å². The van der Waals surface area contributed by atoms with E-state index in [-0.39, 0.29) is 6.04 Å². The number of methoxy groups -OCH3 is 2. The van der Waals surface area contributed by atoms with Crippen LogP contribution < -0.4 is 19.8 Å². The molecule has 2 aromatic carbocycles. The van der Waals surface area contributed by atoms with Crippen LogP contribution in [-0.2, 0) is 0 Å². The van der Waals surface area contributed by atoms with Crippen molar-refractivity contribution in [2.75, 3.05) is 19.5 Å². The molecule has 1 atom stereocenters. The Morgan fingerprint density at radius 1 is 0.929 bits per heavy atom. The summed E-state index contributed by atoms with van der Waals surface area (Å²) in [6.45, 7) is 2.11. The summed E-state index contributed by atoms with van der Waals surface area (Å²) < 4.78 is 11.0. The Morgan fingerprint density at radius 3 is 2.46 bits per heavy atom. The summed E-state index contributed by atoms with van der Waals surface area (Å²) in [5.41, 5.74) is 4.55. The summed E-state index contributed by atoms with van der Waals surface area (Å²) in [4.78, 5) is 6.78. The highest BCUT2D eigenvalue weighted by molar-refractivity contribution is 5.86. The molecule has 2 heterocycles. The second-order valence-electron chi connectivity index (χ2n) is 6.68. The monoisotopic (exact) mass is 374 g/mol. The zero-order valence-electron chi connectivity index (χ0n) is 16.2. The zero-order valence-corrected chi connectivity index (χ0v) is 16.2. The Bertz CT molecular complexity index is 1090. The van der Waals surface area contributed by atoms with E-state index >= 15 is 0 Å². The number of para-hydroxylation sites is 1. The number of hydrogen-bond acceptors (Lipinski definition) is 3. The van der Waals surface area contributed by atoms with Crippen molar-refractivity contribution in [3.05, 3.63) is 83.7 Å². The molecular weight excluding hydrogens is 350 g/mol. The molecule has 0 aliphatic carbocycles. The van der Waals surface area contributed by atoms with Gasteiger partial charge in [-0.25, -0.2) is 4.98 Å². The van der Waals surface area contributed by atoms with Crippen molar-refractivity contribution in [3.63, 3.8) is 0 Å². The number of nitrogens with one attached hydrogen (secondary N) is 3. The fourth-order valence-corrected chi connectivity index (χ4v) is 3.66. The lowest BCUT2D eigenvalue weighted by Gasteiger charge is -2.18. The van der Waals surface area contributed by atoms with Crippen LogP contribution >= 0.6 is 0 Å². The molecule has 0 amide bonds. The van der Waals surface area contributed by atoms with Gasteiger partial charge in [0.1, 0.15) is 6.04 Å². The van der Waals surface area contributed by atoms with Crippen molar-refractivity contribution in [2.24, 2.45) is 0 Å². The first-order chi connectivity index (χ1) is 13.7. The minimum absolute atomic E-state index is 0.0744. The molecule has 28 heavy (non-hydrogen) atoms. The predicted octanol–water partition coefficient (Wildman–Crippen LogP) is 4.51. The molecule has 3 N–H and O–H groups in total. The SMILES string of the molecule is COc1ccc([C@@H](Nc2cccc[nH+]2)c2c(C)[nH]c3ccccc23)cc1OC. The maximum Gasteiger partial charge on any atom is 0.272 e. The summed E-state index contributed by atoms with van der Waals surface area (Å²) in [5.74, 6) is 2.36. The molecule has 0 unspecified atom stereocenters. The average Bonchev–Trinajstić information content (AvgIpc) is 3.08. The summed E-state index contributed by atoms with van der Waals surface area (Å²) >= 11 is 0. The van der Waals surface area contributed by atoms with Gasteiger partial charge in [0.05, 0.1) is 20.4 Å². The van der Waals surface area contributed by atoms with E-state index in [0.29, 0.717) is 11.5 Å². The maximum atomic E-state index is 5.54. The molecule has 0 bridgehead atoms. The number of aryl methyl sites for hydroxylation is 1. The van der Waals surface area contributed by atoms with Crippen molar-refractivity contribution >= 4 is 16.7 Å². The number of fused-ring (bicyclic) bond motifs is 1. The zero-order chi connectivity index (χ0) is 19.5. The van der Waals surface area contributed by atoms with Gasteiger partial charge in [-0.2, -0.15) is 0 Å². The van der Waals surface area contributed by atoms with Gasteiger partial charge in [-0.15, -0.1) is 0 Å². The normalized spacial score (nSPS) is 12.0. The molecule has 5 heteroatoms. The van der Waals surface area contributed by atoms with E-state index in [4.69, 9.17) is 9.47 Å². The number of ether oxygens (including phenoxy) is 2. The third-order valence-electron chi connectivity index (χ3n) is 4.98. The van der Waals surface area contributed by atoms with E-state index < -0.39 is 0 Å². The first-order valence-electron chi connectivity index (χ1n) is 9.23. The van der Waals surface area contributed by atoms with Crippen molar-refractivity contribution in [1.82, 2.24) is 4.98 Å². The van der Waals surface area contributed by atoms with E-state index in [9.17, 15) is 0 Å². The van der Waals surface area contributed by atoms with Crippen LogP contribution in [0.1, 0.15) is 22.9 Å². The third-order valence-corrected chi connectivity index (χ3v) is 4.98. The van der Waals surface area contributed by atoms with E-state index in [1.54, 1.807) is 14.2 Å². The largest absolute Gasteiger partial charge is 0.493 e. The number of H-pyrrole nitrogens is 2. The summed E-state index contributed by atoms with van der Waals surface area (Å²) in [6.07, 6.45) is 1.91. The average molecular weight is 374 g/mol. The molecule has 142 valence electrons. The lowest BCUT2D eigenvalue weighted by atomic mass is 9.95. The highest BCUT2D eigenvalue weighted by Gasteiger charge is 2.26. The van der Waals surface area contributed by atoms with Crippen LogP contribution in [0.5, 0.6) is 11.5 Å². The quantitative estimate of drug-likeness (QED) is 0.522. The Labute approximate surface area is 164 Å². The lowest BCUT2D eigenvalue weighted by molar-refractivity contribution is -0.361. The topological polar surface area (TPSA) is 60.4 Å². The molecule has 0 spiro atoms. The molecule has 0 saturated heterocycles. The highest BCUT2D eigenvalue weighted by atomic mass is 16.5. The molecule has 4 rings (SSSR count). The van der Waals surface area contributed by atoms with Crippen LogP contribution in [0.25, 0.3) is 10.9 Å². The molecule has 0 aliphatic heterocycles. The number of aromatic nitrogens is 2. The third kappa shape index (κ3) is 3.27. The van der Waals surface area contributed by atoms with Gasteiger partial charge in [0.15, 0.2) is 11.5 Å². The van der Waals surface area contributed by atoms with Crippen LogP contribution in [0.15, 0.2) is 66.9 Å². The first-order valence-corrected chi connectivity index (χ1v) is 9.23. The fraction of sp³-hybridized carbons (Fsp3) is 0.174. The van der Waals surface area contributed by atoms with Gasteiger partial charge in [0.2, 0.25) is 0 Å². The van der Waals surface area contributed by atoms with Crippen LogP contribution in [0.4, 0.5) is 5.82 Å². The highest BCUT2D eigenvalue weighted by Crippen LogP contribution is 2.37. The number of anilines is 1. The second-order valence-corrected chi connectivity index (χ2v) is 6.68.